The van der Waals surface area contributed by atoms with Gasteiger partial charge < -0.3 is 0 Å². The molecular weight excluding hydrogens is 144 g/mol. The van der Waals surface area contributed by atoms with Crippen LogP contribution in [0, 0.1) is 17.8 Å². The molecule has 0 aromatic carbocycles. The van der Waals surface area contributed by atoms with Crippen molar-refractivity contribution in [3.63, 3.8) is 0 Å². The van der Waals surface area contributed by atoms with E-state index in [1.165, 1.54) is 19.3 Å². The first kappa shape index (κ1) is 9.83. The monoisotopic (exact) mass is 166 g/mol. The molecule has 0 aromatic rings. The SMILES string of the molecule is CCC1=C[C@@H](C)[C@H](C(C)C)CC1. The van der Waals surface area contributed by atoms with Crippen LogP contribution in [0.2, 0.25) is 0 Å². The van der Waals surface area contributed by atoms with E-state index in [-0.39, 0.29) is 0 Å². The van der Waals surface area contributed by atoms with Crippen LogP contribution in [-0.2, 0) is 0 Å². The fraction of sp³-hybridized carbons (Fsp3) is 0.833. The highest BCUT2D eigenvalue weighted by Crippen LogP contribution is 2.34. The van der Waals surface area contributed by atoms with Crippen LogP contribution in [0.1, 0.15) is 47.0 Å². The third kappa shape index (κ3) is 2.12. The van der Waals surface area contributed by atoms with E-state index in [0.29, 0.717) is 0 Å². The summed E-state index contributed by atoms with van der Waals surface area (Å²) >= 11 is 0. The zero-order valence-corrected chi connectivity index (χ0v) is 8.93. The maximum absolute atomic E-state index is 2.51. The Bertz CT molecular complexity index is 165. The van der Waals surface area contributed by atoms with Gasteiger partial charge in [0.25, 0.3) is 0 Å². The Morgan fingerprint density at radius 1 is 1.50 bits per heavy atom. The second-order valence-corrected chi connectivity index (χ2v) is 4.48. The second kappa shape index (κ2) is 4.11. The van der Waals surface area contributed by atoms with Crippen molar-refractivity contribution in [1.82, 2.24) is 0 Å². The van der Waals surface area contributed by atoms with Gasteiger partial charge in [-0.15, -0.1) is 0 Å². The van der Waals surface area contributed by atoms with E-state index in [1.54, 1.807) is 5.57 Å². The standard InChI is InChI=1S/C12H22/c1-5-11-6-7-12(9(2)3)10(4)8-11/h8-10,12H,5-7H2,1-4H3/t10-,12+/m1/s1. The molecule has 0 fully saturated rings. The van der Waals surface area contributed by atoms with E-state index in [4.69, 9.17) is 0 Å². The zero-order chi connectivity index (χ0) is 9.14. The highest BCUT2D eigenvalue weighted by molar-refractivity contribution is 5.08. The lowest BCUT2D eigenvalue weighted by molar-refractivity contribution is 0.277. The van der Waals surface area contributed by atoms with Crippen LogP contribution in [0.25, 0.3) is 0 Å². The van der Waals surface area contributed by atoms with Gasteiger partial charge >= 0.3 is 0 Å². The predicted octanol–water partition coefficient (Wildman–Crippen LogP) is 4.02. The highest BCUT2D eigenvalue weighted by Gasteiger charge is 2.22. The molecule has 0 saturated carbocycles. The summed E-state index contributed by atoms with van der Waals surface area (Å²) < 4.78 is 0. The van der Waals surface area contributed by atoms with Gasteiger partial charge in [0, 0.05) is 0 Å². The van der Waals surface area contributed by atoms with Crippen molar-refractivity contribution in [2.45, 2.75) is 47.0 Å². The van der Waals surface area contributed by atoms with Crippen LogP contribution in [0.15, 0.2) is 11.6 Å². The summed E-state index contributed by atoms with van der Waals surface area (Å²) in [5, 5.41) is 0. The van der Waals surface area contributed by atoms with Crippen molar-refractivity contribution >= 4 is 0 Å². The molecule has 12 heavy (non-hydrogen) atoms. The Morgan fingerprint density at radius 2 is 2.17 bits per heavy atom. The van der Waals surface area contributed by atoms with Crippen molar-refractivity contribution in [1.29, 1.82) is 0 Å². The minimum atomic E-state index is 0.814. The number of hydrogen-bond acceptors (Lipinski definition) is 0. The molecule has 0 aromatic heterocycles. The molecule has 1 rings (SSSR count). The van der Waals surface area contributed by atoms with Crippen molar-refractivity contribution in [2.24, 2.45) is 17.8 Å². The van der Waals surface area contributed by atoms with E-state index >= 15 is 0 Å². The molecule has 0 saturated heterocycles. The zero-order valence-electron chi connectivity index (χ0n) is 8.93. The average molecular weight is 166 g/mol. The molecule has 0 heterocycles. The van der Waals surface area contributed by atoms with Gasteiger partial charge in [-0.25, -0.2) is 0 Å². The lowest BCUT2D eigenvalue weighted by atomic mass is 9.75. The van der Waals surface area contributed by atoms with Crippen molar-refractivity contribution in [3.8, 4) is 0 Å². The molecule has 0 N–H and O–H groups in total. The molecule has 0 spiro atoms. The molecule has 1 aliphatic rings. The van der Waals surface area contributed by atoms with Gasteiger partial charge in [0.2, 0.25) is 0 Å². The average Bonchev–Trinajstić information content (AvgIpc) is 2.03. The summed E-state index contributed by atoms with van der Waals surface area (Å²) in [4.78, 5) is 0. The first-order valence-electron chi connectivity index (χ1n) is 5.34. The van der Waals surface area contributed by atoms with Crippen molar-refractivity contribution < 1.29 is 0 Å². The van der Waals surface area contributed by atoms with Crippen LogP contribution >= 0.6 is 0 Å². The van der Waals surface area contributed by atoms with Crippen molar-refractivity contribution in [2.75, 3.05) is 0 Å². The molecule has 1 aliphatic carbocycles. The summed E-state index contributed by atoms with van der Waals surface area (Å²) in [6.07, 6.45) is 6.53. The van der Waals surface area contributed by atoms with E-state index in [1.807, 2.05) is 0 Å². The minimum Gasteiger partial charge on any atom is -0.0822 e. The van der Waals surface area contributed by atoms with Gasteiger partial charge in [0.05, 0.1) is 0 Å². The van der Waals surface area contributed by atoms with Crippen LogP contribution in [0.3, 0.4) is 0 Å². The van der Waals surface area contributed by atoms with Crippen LogP contribution in [0.5, 0.6) is 0 Å². The van der Waals surface area contributed by atoms with Gasteiger partial charge in [0.1, 0.15) is 0 Å². The third-order valence-corrected chi connectivity index (χ3v) is 3.28. The topological polar surface area (TPSA) is 0 Å². The van der Waals surface area contributed by atoms with Crippen LogP contribution in [-0.4, -0.2) is 0 Å². The highest BCUT2D eigenvalue weighted by atomic mass is 14.3. The Hall–Kier alpha value is -0.260. The van der Waals surface area contributed by atoms with Gasteiger partial charge in [-0.05, 0) is 37.0 Å². The summed E-state index contributed by atoms with van der Waals surface area (Å²) in [7, 11) is 0. The summed E-state index contributed by atoms with van der Waals surface area (Å²) in [5.74, 6) is 2.60. The lowest BCUT2D eigenvalue weighted by Gasteiger charge is -2.30. The molecule has 0 unspecified atom stereocenters. The predicted molar refractivity (Wildman–Crippen MR) is 55.1 cm³/mol. The molecule has 0 heteroatoms. The molecule has 0 aliphatic heterocycles. The van der Waals surface area contributed by atoms with Gasteiger partial charge in [0.15, 0.2) is 0 Å². The van der Waals surface area contributed by atoms with Crippen molar-refractivity contribution in [3.05, 3.63) is 11.6 Å². The van der Waals surface area contributed by atoms with Crippen LogP contribution in [0.4, 0.5) is 0 Å². The maximum atomic E-state index is 2.51. The molecule has 0 radical (unpaired) electrons. The molecule has 70 valence electrons. The quantitative estimate of drug-likeness (QED) is 0.543. The first-order valence-corrected chi connectivity index (χ1v) is 5.34. The number of rotatable bonds is 2. The Morgan fingerprint density at radius 3 is 2.58 bits per heavy atom. The second-order valence-electron chi connectivity index (χ2n) is 4.48. The number of allylic oxidation sites excluding steroid dienone is 2. The molecular formula is C12H22. The fourth-order valence-corrected chi connectivity index (χ4v) is 2.43. The van der Waals surface area contributed by atoms with Gasteiger partial charge in [-0.3, -0.25) is 0 Å². The minimum absolute atomic E-state index is 0.814. The Labute approximate surface area is 77.1 Å². The molecule has 0 nitrogen and oxygen atoms in total. The maximum Gasteiger partial charge on any atom is -0.0228 e. The lowest BCUT2D eigenvalue weighted by Crippen LogP contribution is -2.20. The molecule has 2 atom stereocenters. The smallest absolute Gasteiger partial charge is 0.0228 e. The van der Waals surface area contributed by atoms with Crippen LogP contribution < -0.4 is 0 Å². The summed E-state index contributed by atoms with van der Waals surface area (Å²) in [5.41, 5.74) is 1.68. The van der Waals surface area contributed by atoms with E-state index in [9.17, 15) is 0 Å². The Balaban J connectivity index is 2.60. The normalized spacial score (nSPS) is 30.6. The fourth-order valence-electron chi connectivity index (χ4n) is 2.43. The molecule has 0 bridgehead atoms. The summed E-state index contributed by atoms with van der Waals surface area (Å²) in [6, 6.07) is 0. The summed E-state index contributed by atoms with van der Waals surface area (Å²) in [6.45, 7) is 9.35. The largest absolute Gasteiger partial charge is 0.0822 e. The first-order chi connectivity index (χ1) is 5.65. The van der Waals surface area contributed by atoms with Gasteiger partial charge in [-0.1, -0.05) is 39.3 Å². The van der Waals surface area contributed by atoms with E-state index in [2.05, 4.69) is 33.8 Å². The van der Waals surface area contributed by atoms with E-state index in [0.717, 1.165) is 17.8 Å². The Kier molecular flexibility index (Phi) is 3.37. The number of hydrogen-bond donors (Lipinski definition) is 0. The van der Waals surface area contributed by atoms with Gasteiger partial charge in [-0.2, -0.15) is 0 Å². The van der Waals surface area contributed by atoms with E-state index < -0.39 is 0 Å². The molecule has 0 amide bonds. The third-order valence-electron chi connectivity index (χ3n) is 3.28.